The van der Waals surface area contributed by atoms with Crippen molar-refractivity contribution in [2.75, 3.05) is 31.5 Å². The number of rotatable bonds is 6. The van der Waals surface area contributed by atoms with Crippen LogP contribution in [0, 0.1) is 5.82 Å². The van der Waals surface area contributed by atoms with Crippen LogP contribution in [0.4, 0.5) is 21.0 Å². The van der Waals surface area contributed by atoms with E-state index in [1.807, 2.05) is 62.8 Å². The number of carbonyl (C=O) groups excluding carboxylic acids is 1. The number of benzene rings is 1. The first-order valence-electron chi connectivity index (χ1n) is 13.9. The van der Waals surface area contributed by atoms with Gasteiger partial charge in [0.25, 0.3) is 0 Å². The first-order valence-corrected chi connectivity index (χ1v) is 13.9. The zero-order chi connectivity index (χ0) is 29.3. The number of fused-ring (bicyclic) bond motifs is 1. The summed E-state index contributed by atoms with van der Waals surface area (Å²) in [5.41, 5.74) is 3.37. The molecule has 0 aliphatic carbocycles. The number of pyridine rings is 1. The third-order valence-electron chi connectivity index (χ3n) is 6.94. The molecule has 0 atom stereocenters. The number of anilines is 2. The lowest BCUT2D eigenvalue weighted by molar-refractivity contribution is 0.0139. The number of carbonyl (C=O) groups is 1. The third-order valence-corrected chi connectivity index (χ3v) is 6.94. The molecule has 0 bridgehead atoms. The molecule has 1 saturated heterocycles. The maximum absolute atomic E-state index is 14.9. The highest BCUT2D eigenvalue weighted by atomic mass is 19.1. The van der Waals surface area contributed by atoms with Crippen LogP contribution in [0.2, 0.25) is 0 Å². The molecule has 4 heterocycles. The van der Waals surface area contributed by atoms with Gasteiger partial charge in [0.05, 0.1) is 11.7 Å². The average Bonchev–Trinajstić information content (AvgIpc) is 3.25. The predicted octanol–water partition coefficient (Wildman–Crippen LogP) is 5.48. The van der Waals surface area contributed by atoms with Crippen LogP contribution in [0.5, 0.6) is 0 Å². The molecule has 1 aromatic carbocycles. The molecular weight excluding hydrogens is 523 g/mol. The largest absolute Gasteiger partial charge is 0.444 e. The Labute approximate surface area is 239 Å². The van der Waals surface area contributed by atoms with Crippen LogP contribution in [0.3, 0.4) is 0 Å². The Morgan fingerprint density at radius 3 is 2.49 bits per heavy atom. The summed E-state index contributed by atoms with van der Waals surface area (Å²) >= 11 is 0. The SMILES string of the molecule is CC(C)c1c2cc(-c3nc(Nc4ccc(CN5CCN(C(=O)OC(C)(C)C)CC5)cn4)ncc3F)ccc2nn1C. The number of hydrogen-bond donors (Lipinski definition) is 1. The first kappa shape index (κ1) is 28.4. The summed E-state index contributed by atoms with van der Waals surface area (Å²) in [5, 5.41) is 8.65. The van der Waals surface area contributed by atoms with Crippen LogP contribution in [0.25, 0.3) is 22.2 Å². The van der Waals surface area contributed by atoms with Crippen LogP contribution >= 0.6 is 0 Å². The van der Waals surface area contributed by atoms with Crippen molar-refractivity contribution in [1.29, 1.82) is 0 Å². The van der Waals surface area contributed by atoms with E-state index in [1.165, 1.54) is 6.20 Å². The maximum atomic E-state index is 14.9. The van der Waals surface area contributed by atoms with E-state index in [2.05, 4.69) is 44.1 Å². The summed E-state index contributed by atoms with van der Waals surface area (Å²) < 4.78 is 22.2. The van der Waals surface area contributed by atoms with Gasteiger partial charge in [-0.2, -0.15) is 5.10 Å². The molecule has 0 unspecified atom stereocenters. The zero-order valence-electron chi connectivity index (χ0n) is 24.5. The van der Waals surface area contributed by atoms with Crippen molar-refractivity contribution in [2.24, 2.45) is 7.05 Å². The minimum atomic E-state index is -0.500. The van der Waals surface area contributed by atoms with Crippen molar-refractivity contribution in [1.82, 2.24) is 34.5 Å². The molecule has 10 nitrogen and oxygen atoms in total. The second kappa shape index (κ2) is 11.4. The van der Waals surface area contributed by atoms with Crippen molar-refractivity contribution in [2.45, 2.75) is 52.7 Å². The molecule has 11 heteroatoms. The van der Waals surface area contributed by atoms with Crippen LogP contribution in [0.1, 0.15) is 51.8 Å². The summed E-state index contributed by atoms with van der Waals surface area (Å²) in [7, 11) is 1.92. The third kappa shape index (κ3) is 6.62. The minimum absolute atomic E-state index is 0.213. The highest BCUT2D eigenvalue weighted by molar-refractivity contribution is 5.87. The van der Waals surface area contributed by atoms with Gasteiger partial charge in [0.1, 0.15) is 17.1 Å². The lowest BCUT2D eigenvalue weighted by atomic mass is 10.0. The quantitative estimate of drug-likeness (QED) is 0.331. The normalized spacial score (nSPS) is 14.6. The van der Waals surface area contributed by atoms with E-state index in [-0.39, 0.29) is 23.7 Å². The second-order valence-corrected chi connectivity index (χ2v) is 11.7. The Bertz CT molecular complexity index is 1540. The summed E-state index contributed by atoms with van der Waals surface area (Å²) in [6.07, 6.45) is 2.71. The monoisotopic (exact) mass is 560 g/mol. The van der Waals surface area contributed by atoms with Gasteiger partial charge in [-0.3, -0.25) is 9.58 Å². The maximum Gasteiger partial charge on any atom is 0.410 e. The van der Waals surface area contributed by atoms with E-state index >= 15 is 0 Å². The van der Waals surface area contributed by atoms with Crippen molar-refractivity contribution < 1.29 is 13.9 Å². The minimum Gasteiger partial charge on any atom is -0.444 e. The summed E-state index contributed by atoms with van der Waals surface area (Å²) in [6, 6.07) is 9.50. The molecule has 0 saturated carbocycles. The van der Waals surface area contributed by atoms with E-state index in [0.29, 0.717) is 24.5 Å². The number of amides is 1. The number of aromatic nitrogens is 5. The Morgan fingerprint density at radius 1 is 1.07 bits per heavy atom. The van der Waals surface area contributed by atoms with E-state index in [1.54, 1.807) is 11.1 Å². The van der Waals surface area contributed by atoms with Gasteiger partial charge in [-0.25, -0.2) is 24.1 Å². The van der Waals surface area contributed by atoms with Crippen molar-refractivity contribution in [3.8, 4) is 11.3 Å². The van der Waals surface area contributed by atoms with Gasteiger partial charge in [-0.1, -0.05) is 26.0 Å². The summed E-state index contributed by atoms with van der Waals surface area (Å²) in [5.74, 6) is 0.588. The Morgan fingerprint density at radius 2 is 1.83 bits per heavy atom. The van der Waals surface area contributed by atoms with Crippen LogP contribution in [-0.2, 0) is 18.3 Å². The zero-order valence-corrected chi connectivity index (χ0v) is 24.5. The van der Waals surface area contributed by atoms with Crippen molar-refractivity contribution >= 4 is 28.8 Å². The van der Waals surface area contributed by atoms with Gasteiger partial charge in [0.15, 0.2) is 5.82 Å². The molecular formula is C30H37FN8O2. The number of nitrogens with one attached hydrogen (secondary N) is 1. The number of hydrogen-bond acceptors (Lipinski definition) is 8. The van der Waals surface area contributed by atoms with E-state index in [4.69, 9.17) is 4.74 Å². The summed E-state index contributed by atoms with van der Waals surface area (Å²) in [6.45, 7) is 13.3. The molecule has 5 rings (SSSR count). The van der Waals surface area contributed by atoms with Gasteiger partial charge in [-0.15, -0.1) is 0 Å². The van der Waals surface area contributed by atoms with Crippen LogP contribution in [-0.4, -0.2) is 72.4 Å². The lowest BCUT2D eigenvalue weighted by Gasteiger charge is -2.35. The van der Waals surface area contributed by atoms with Gasteiger partial charge in [0.2, 0.25) is 5.95 Å². The topological polar surface area (TPSA) is 101 Å². The molecule has 3 aromatic heterocycles. The lowest BCUT2D eigenvalue weighted by Crippen LogP contribution is -2.49. The fourth-order valence-corrected chi connectivity index (χ4v) is 5.06. The number of piperazine rings is 1. The fourth-order valence-electron chi connectivity index (χ4n) is 5.06. The smallest absolute Gasteiger partial charge is 0.410 e. The highest BCUT2D eigenvalue weighted by Crippen LogP contribution is 2.30. The van der Waals surface area contributed by atoms with Crippen molar-refractivity contribution in [3.63, 3.8) is 0 Å². The van der Waals surface area contributed by atoms with Gasteiger partial charge in [0, 0.05) is 62.6 Å². The number of ether oxygens (including phenoxy) is 1. The molecule has 1 fully saturated rings. The number of halogens is 1. The van der Waals surface area contributed by atoms with Crippen LogP contribution < -0.4 is 5.32 Å². The molecule has 4 aromatic rings. The fraction of sp³-hybridized carbons (Fsp3) is 0.433. The van der Waals surface area contributed by atoms with Gasteiger partial charge >= 0.3 is 6.09 Å². The molecule has 216 valence electrons. The molecule has 1 amide bonds. The first-order chi connectivity index (χ1) is 19.5. The molecule has 41 heavy (non-hydrogen) atoms. The average molecular weight is 561 g/mol. The predicted molar refractivity (Wildman–Crippen MR) is 156 cm³/mol. The second-order valence-electron chi connectivity index (χ2n) is 11.7. The highest BCUT2D eigenvalue weighted by Gasteiger charge is 2.26. The van der Waals surface area contributed by atoms with E-state index < -0.39 is 11.4 Å². The number of nitrogens with zero attached hydrogens (tertiary/aromatic N) is 7. The Balaban J connectivity index is 1.23. The standard InChI is InChI=1S/C30H37FN8O2/c1-19(2)27-22-15-21(8-9-24(22)36-37(27)6)26-23(31)17-33-28(35-26)34-25-10-7-20(16-32-25)18-38-11-13-39(14-12-38)29(40)41-30(3,4)5/h7-10,15-17,19H,11-14,18H2,1-6H3,(H,32,33,34,35). The molecule has 1 aliphatic rings. The Kier molecular flexibility index (Phi) is 7.90. The van der Waals surface area contributed by atoms with Gasteiger partial charge in [-0.05, 0) is 50.5 Å². The summed E-state index contributed by atoms with van der Waals surface area (Å²) in [4.78, 5) is 29.5. The molecule has 1 N–H and O–H groups in total. The van der Waals surface area contributed by atoms with Crippen molar-refractivity contribution in [3.05, 3.63) is 59.8 Å². The van der Waals surface area contributed by atoms with E-state index in [0.717, 1.165) is 41.8 Å². The molecule has 0 spiro atoms. The van der Waals surface area contributed by atoms with Crippen LogP contribution in [0.15, 0.2) is 42.7 Å². The molecule has 1 aliphatic heterocycles. The van der Waals surface area contributed by atoms with E-state index in [9.17, 15) is 9.18 Å². The Hall–Kier alpha value is -4.12. The number of aryl methyl sites for hydroxylation is 1. The molecule has 0 radical (unpaired) electrons. The van der Waals surface area contributed by atoms with Gasteiger partial charge < -0.3 is 15.0 Å².